The van der Waals surface area contributed by atoms with Crippen LogP contribution in [0.2, 0.25) is 0 Å². The summed E-state index contributed by atoms with van der Waals surface area (Å²) in [7, 11) is 0. The van der Waals surface area contributed by atoms with E-state index in [0.29, 0.717) is 0 Å². The fourth-order valence-electron chi connectivity index (χ4n) is 2.22. The van der Waals surface area contributed by atoms with Crippen molar-refractivity contribution in [2.45, 2.75) is 39.2 Å². The van der Waals surface area contributed by atoms with Crippen molar-refractivity contribution in [3.63, 3.8) is 0 Å². The van der Waals surface area contributed by atoms with Crippen LogP contribution in [0.25, 0.3) is 10.8 Å². The molecule has 1 atom stereocenters. The molecule has 0 heterocycles. The number of fused-ring (bicyclic) bond motifs is 1. The highest BCUT2D eigenvalue weighted by Gasteiger charge is 2.06. The summed E-state index contributed by atoms with van der Waals surface area (Å²) in [5, 5.41) is 2.62. The number of rotatable bonds is 5. The fourth-order valence-corrected chi connectivity index (χ4v) is 2.22. The van der Waals surface area contributed by atoms with Gasteiger partial charge in [0.15, 0.2) is 0 Å². The second-order valence-corrected chi connectivity index (χ2v) is 4.72. The van der Waals surface area contributed by atoms with Crippen molar-refractivity contribution in [3.8, 4) is 0 Å². The molecule has 1 unspecified atom stereocenters. The minimum atomic E-state index is 0.243. The van der Waals surface area contributed by atoms with Crippen LogP contribution in [0.4, 0.5) is 0 Å². The van der Waals surface area contributed by atoms with Gasteiger partial charge in [-0.3, -0.25) is 4.99 Å². The Morgan fingerprint density at radius 1 is 1.11 bits per heavy atom. The molecule has 0 saturated carbocycles. The van der Waals surface area contributed by atoms with E-state index >= 15 is 0 Å². The lowest BCUT2D eigenvalue weighted by atomic mass is 10.00. The van der Waals surface area contributed by atoms with Crippen molar-refractivity contribution in [1.82, 2.24) is 0 Å². The molecule has 0 fully saturated rings. The standard InChI is InChI=1S/C17H21N/c1-3-4-7-13-18-14(2)16-12-8-10-15-9-5-6-11-17(15)16/h5-6,8-14H,3-4,7H2,1-2H3. The lowest BCUT2D eigenvalue weighted by Crippen LogP contribution is -1.92. The van der Waals surface area contributed by atoms with E-state index in [1.54, 1.807) is 0 Å². The first-order valence-electron chi connectivity index (χ1n) is 6.82. The SMILES string of the molecule is CCCCC=NC(C)c1cccc2ccccc12. The van der Waals surface area contributed by atoms with E-state index in [9.17, 15) is 0 Å². The highest BCUT2D eigenvalue weighted by molar-refractivity contribution is 5.86. The summed E-state index contributed by atoms with van der Waals surface area (Å²) < 4.78 is 0. The molecular weight excluding hydrogens is 218 g/mol. The van der Waals surface area contributed by atoms with Gasteiger partial charge in [-0.2, -0.15) is 0 Å². The fraction of sp³-hybridized carbons (Fsp3) is 0.353. The van der Waals surface area contributed by atoms with Gasteiger partial charge in [0.25, 0.3) is 0 Å². The van der Waals surface area contributed by atoms with Crippen LogP contribution in [0.1, 0.15) is 44.7 Å². The van der Waals surface area contributed by atoms with Crippen LogP contribution in [0, 0.1) is 0 Å². The van der Waals surface area contributed by atoms with Crippen LogP contribution >= 0.6 is 0 Å². The molecule has 0 aromatic heterocycles. The molecule has 0 N–H and O–H groups in total. The first kappa shape index (κ1) is 12.8. The molecule has 94 valence electrons. The van der Waals surface area contributed by atoms with E-state index in [-0.39, 0.29) is 6.04 Å². The second-order valence-electron chi connectivity index (χ2n) is 4.72. The number of hydrogen-bond acceptors (Lipinski definition) is 1. The zero-order valence-electron chi connectivity index (χ0n) is 11.3. The van der Waals surface area contributed by atoms with Crippen LogP contribution in [0.5, 0.6) is 0 Å². The first-order chi connectivity index (χ1) is 8.83. The summed E-state index contributed by atoms with van der Waals surface area (Å²) in [6, 6.07) is 15.2. The first-order valence-corrected chi connectivity index (χ1v) is 6.82. The van der Waals surface area contributed by atoms with Crippen molar-refractivity contribution in [2.75, 3.05) is 0 Å². The highest BCUT2D eigenvalue weighted by atomic mass is 14.8. The van der Waals surface area contributed by atoms with E-state index in [1.165, 1.54) is 29.2 Å². The third-order valence-electron chi connectivity index (χ3n) is 3.29. The molecule has 1 nitrogen and oxygen atoms in total. The van der Waals surface area contributed by atoms with Gasteiger partial charge >= 0.3 is 0 Å². The molecular formula is C17H21N. The smallest absolute Gasteiger partial charge is 0.0722 e. The quantitative estimate of drug-likeness (QED) is 0.504. The number of aliphatic imine (C=N–C) groups is 1. The number of benzene rings is 2. The van der Waals surface area contributed by atoms with Crippen molar-refractivity contribution in [2.24, 2.45) is 4.99 Å². The summed E-state index contributed by atoms with van der Waals surface area (Å²) in [5.74, 6) is 0. The molecule has 2 aromatic carbocycles. The van der Waals surface area contributed by atoms with Gasteiger partial charge < -0.3 is 0 Å². The van der Waals surface area contributed by atoms with Crippen LogP contribution in [-0.2, 0) is 0 Å². The molecule has 2 rings (SSSR count). The van der Waals surface area contributed by atoms with E-state index < -0.39 is 0 Å². The largest absolute Gasteiger partial charge is 0.290 e. The van der Waals surface area contributed by atoms with Crippen molar-refractivity contribution in [1.29, 1.82) is 0 Å². The van der Waals surface area contributed by atoms with Gasteiger partial charge in [0.05, 0.1) is 6.04 Å². The average molecular weight is 239 g/mol. The molecule has 0 bridgehead atoms. The third kappa shape index (κ3) is 2.98. The Morgan fingerprint density at radius 3 is 2.72 bits per heavy atom. The zero-order chi connectivity index (χ0) is 12.8. The number of nitrogens with zero attached hydrogens (tertiary/aromatic N) is 1. The Balaban J connectivity index is 2.22. The van der Waals surface area contributed by atoms with Gasteiger partial charge in [0.2, 0.25) is 0 Å². The molecule has 0 aliphatic heterocycles. The summed E-state index contributed by atoms with van der Waals surface area (Å²) >= 11 is 0. The van der Waals surface area contributed by atoms with Gasteiger partial charge in [-0.25, -0.2) is 0 Å². The van der Waals surface area contributed by atoms with Crippen LogP contribution in [0.3, 0.4) is 0 Å². The van der Waals surface area contributed by atoms with E-state index in [0.717, 1.165) is 6.42 Å². The Hall–Kier alpha value is -1.63. The molecule has 0 aliphatic rings. The van der Waals surface area contributed by atoms with Crippen LogP contribution in [0.15, 0.2) is 47.5 Å². The Bertz CT molecular complexity index is 523. The summed E-state index contributed by atoms with van der Waals surface area (Å²) in [6.07, 6.45) is 5.63. The molecule has 18 heavy (non-hydrogen) atoms. The van der Waals surface area contributed by atoms with Gasteiger partial charge in [0, 0.05) is 0 Å². The molecule has 0 spiro atoms. The number of unbranched alkanes of at least 4 members (excludes halogenated alkanes) is 2. The second kappa shape index (κ2) is 6.34. The highest BCUT2D eigenvalue weighted by Crippen LogP contribution is 2.26. The van der Waals surface area contributed by atoms with Crippen molar-refractivity contribution in [3.05, 3.63) is 48.0 Å². The molecule has 0 aliphatic carbocycles. The van der Waals surface area contributed by atoms with Crippen LogP contribution < -0.4 is 0 Å². The van der Waals surface area contributed by atoms with E-state index in [4.69, 9.17) is 0 Å². The third-order valence-corrected chi connectivity index (χ3v) is 3.29. The Morgan fingerprint density at radius 2 is 1.89 bits per heavy atom. The summed E-state index contributed by atoms with van der Waals surface area (Å²) in [4.78, 5) is 4.66. The monoisotopic (exact) mass is 239 g/mol. The normalized spacial score (nSPS) is 13.2. The Labute approximate surface area is 110 Å². The predicted molar refractivity (Wildman–Crippen MR) is 80.4 cm³/mol. The zero-order valence-corrected chi connectivity index (χ0v) is 11.3. The van der Waals surface area contributed by atoms with Crippen molar-refractivity contribution >= 4 is 17.0 Å². The molecule has 0 amide bonds. The van der Waals surface area contributed by atoms with Gasteiger partial charge in [-0.05, 0) is 42.3 Å². The maximum Gasteiger partial charge on any atom is 0.0722 e. The maximum atomic E-state index is 4.66. The topological polar surface area (TPSA) is 12.4 Å². The van der Waals surface area contributed by atoms with E-state index in [2.05, 4.69) is 67.5 Å². The lowest BCUT2D eigenvalue weighted by Gasteiger charge is -2.10. The molecule has 1 heteroatoms. The molecule has 2 aromatic rings. The van der Waals surface area contributed by atoms with Gasteiger partial charge in [0.1, 0.15) is 0 Å². The average Bonchev–Trinajstić information content (AvgIpc) is 2.43. The molecule has 0 radical (unpaired) electrons. The van der Waals surface area contributed by atoms with Gasteiger partial charge in [-0.1, -0.05) is 55.8 Å². The van der Waals surface area contributed by atoms with Crippen molar-refractivity contribution < 1.29 is 0 Å². The lowest BCUT2D eigenvalue weighted by molar-refractivity contribution is 0.805. The minimum absolute atomic E-state index is 0.243. The Kier molecular flexibility index (Phi) is 4.52. The van der Waals surface area contributed by atoms with Crippen LogP contribution in [-0.4, -0.2) is 6.21 Å². The maximum absolute atomic E-state index is 4.66. The predicted octanol–water partition coefficient (Wildman–Crippen LogP) is 5.16. The minimum Gasteiger partial charge on any atom is -0.290 e. The summed E-state index contributed by atoms with van der Waals surface area (Å²) in [5.41, 5.74) is 1.32. The summed E-state index contributed by atoms with van der Waals surface area (Å²) in [6.45, 7) is 4.38. The van der Waals surface area contributed by atoms with Gasteiger partial charge in [-0.15, -0.1) is 0 Å². The van der Waals surface area contributed by atoms with E-state index in [1.807, 2.05) is 0 Å². The number of hydrogen-bond donors (Lipinski definition) is 0. The molecule has 0 saturated heterocycles.